The molecule has 60 valence electrons. The molecule has 0 amide bonds. The third kappa shape index (κ3) is 1.51. The maximum absolute atomic E-state index is 9.34. The van der Waals surface area contributed by atoms with Crippen LogP contribution in [0, 0.1) is 13.8 Å². The molecule has 0 heterocycles. The Morgan fingerprint density at radius 3 is 2.36 bits per heavy atom. The van der Waals surface area contributed by atoms with E-state index in [1.807, 2.05) is 19.2 Å². The van der Waals surface area contributed by atoms with Gasteiger partial charge in [-0.2, -0.15) is 0 Å². The summed E-state index contributed by atoms with van der Waals surface area (Å²) in [6.07, 6.45) is 2.02. The Morgan fingerprint density at radius 1 is 1.27 bits per heavy atom. The molecule has 0 aliphatic heterocycles. The average Bonchev–Trinajstić information content (AvgIpc) is 1.99. The smallest absolute Gasteiger partial charge is 0.119 e. The van der Waals surface area contributed by atoms with Crippen LogP contribution < -0.4 is 0 Å². The topological polar surface area (TPSA) is 20.2 Å². The first-order valence-electron chi connectivity index (χ1n) is 3.50. The van der Waals surface area contributed by atoms with Gasteiger partial charge in [-0.15, -0.1) is 11.8 Å². The molecule has 0 aliphatic rings. The van der Waals surface area contributed by atoms with Crippen molar-refractivity contribution in [2.45, 2.75) is 18.7 Å². The molecular formula is C9H12OS. The van der Waals surface area contributed by atoms with Crippen LogP contribution in [0.15, 0.2) is 17.0 Å². The van der Waals surface area contributed by atoms with E-state index in [1.54, 1.807) is 17.8 Å². The van der Waals surface area contributed by atoms with Crippen LogP contribution >= 0.6 is 11.8 Å². The van der Waals surface area contributed by atoms with Gasteiger partial charge >= 0.3 is 0 Å². The van der Waals surface area contributed by atoms with Crippen molar-refractivity contribution >= 4 is 11.8 Å². The molecule has 0 saturated carbocycles. The zero-order valence-corrected chi connectivity index (χ0v) is 7.83. The Kier molecular flexibility index (Phi) is 2.45. The minimum Gasteiger partial charge on any atom is -0.508 e. The molecule has 0 bridgehead atoms. The molecule has 1 aromatic rings. The molecule has 0 fully saturated rings. The number of aromatic hydroxyl groups is 1. The fourth-order valence-corrected chi connectivity index (χ4v) is 1.93. The SMILES string of the molecule is CSc1c(C)ccc(O)c1C. The van der Waals surface area contributed by atoms with Crippen LogP contribution in [0.4, 0.5) is 0 Å². The summed E-state index contributed by atoms with van der Waals surface area (Å²) in [5.41, 5.74) is 2.21. The summed E-state index contributed by atoms with van der Waals surface area (Å²) in [7, 11) is 0. The fraction of sp³-hybridized carbons (Fsp3) is 0.333. The largest absolute Gasteiger partial charge is 0.508 e. The van der Waals surface area contributed by atoms with Crippen LogP contribution in [-0.4, -0.2) is 11.4 Å². The zero-order chi connectivity index (χ0) is 8.43. The molecule has 0 spiro atoms. The maximum atomic E-state index is 9.34. The minimum atomic E-state index is 0.389. The van der Waals surface area contributed by atoms with Gasteiger partial charge in [0.15, 0.2) is 0 Å². The quantitative estimate of drug-likeness (QED) is 0.651. The lowest BCUT2D eigenvalue weighted by molar-refractivity contribution is 0.469. The molecule has 0 aliphatic carbocycles. The van der Waals surface area contributed by atoms with Crippen molar-refractivity contribution in [1.29, 1.82) is 0 Å². The van der Waals surface area contributed by atoms with E-state index in [4.69, 9.17) is 0 Å². The third-order valence-electron chi connectivity index (χ3n) is 1.78. The van der Waals surface area contributed by atoms with E-state index in [-0.39, 0.29) is 0 Å². The molecular weight excluding hydrogens is 156 g/mol. The van der Waals surface area contributed by atoms with Gasteiger partial charge in [-0.3, -0.25) is 0 Å². The van der Waals surface area contributed by atoms with Gasteiger partial charge in [0.2, 0.25) is 0 Å². The first-order chi connectivity index (χ1) is 5.16. The Balaban J connectivity index is 3.29. The molecule has 11 heavy (non-hydrogen) atoms. The van der Waals surface area contributed by atoms with Crippen molar-refractivity contribution in [3.63, 3.8) is 0 Å². The highest BCUT2D eigenvalue weighted by atomic mass is 32.2. The van der Waals surface area contributed by atoms with E-state index in [2.05, 4.69) is 6.92 Å². The van der Waals surface area contributed by atoms with Crippen LogP contribution in [-0.2, 0) is 0 Å². The molecule has 0 saturated heterocycles. The van der Waals surface area contributed by atoms with Gasteiger partial charge in [-0.1, -0.05) is 6.07 Å². The van der Waals surface area contributed by atoms with E-state index in [9.17, 15) is 5.11 Å². The minimum absolute atomic E-state index is 0.389. The molecule has 1 N–H and O–H groups in total. The van der Waals surface area contributed by atoms with Gasteiger partial charge in [0, 0.05) is 10.5 Å². The van der Waals surface area contributed by atoms with E-state index >= 15 is 0 Å². The molecule has 0 aromatic heterocycles. The van der Waals surface area contributed by atoms with Crippen LogP contribution in [0.1, 0.15) is 11.1 Å². The van der Waals surface area contributed by atoms with Crippen LogP contribution in [0.5, 0.6) is 5.75 Å². The number of hydrogen-bond acceptors (Lipinski definition) is 2. The molecule has 0 radical (unpaired) electrons. The van der Waals surface area contributed by atoms with Gasteiger partial charge in [0.25, 0.3) is 0 Å². The molecule has 2 heteroatoms. The first kappa shape index (κ1) is 8.47. The van der Waals surface area contributed by atoms with Crippen LogP contribution in [0.3, 0.4) is 0 Å². The fourth-order valence-electron chi connectivity index (χ4n) is 1.13. The predicted octanol–water partition coefficient (Wildman–Crippen LogP) is 2.73. The van der Waals surface area contributed by atoms with E-state index in [1.165, 1.54) is 10.5 Å². The highest BCUT2D eigenvalue weighted by molar-refractivity contribution is 7.98. The van der Waals surface area contributed by atoms with Crippen molar-refractivity contribution in [3.05, 3.63) is 23.3 Å². The Bertz CT molecular complexity index is 269. The van der Waals surface area contributed by atoms with E-state index in [0.717, 1.165) is 5.56 Å². The molecule has 0 atom stereocenters. The number of phenolic OH excluding ortho intramolecular Hbond substituents is 1. The second-order valence-electron chi connectivity index (χ2n) is 2.56. The number of rotatable bonds is 1. The lowest BCUT2D eigenvalue weighted by atomic mass is 10.1. The molecule has 1 nitrogen and oxygen atoms in total. The van der Waals surface area contributed by atoms with Crippen LogP contribution in [0.25, 0.3) is 0 Å². The predicted molar refractivity (Wildman–Crippen MR) is 49.4 cm³/mol. The third-order valence-corrected chi connectivity index (χ3v) is 2.81. The van der Waals surface area contributed by atoms with Gasteiger partial charge < -0.3 is 5.11 Å². The van der Waals surface area contributed by atoms with Crippen molar-refractivity contribution in [3.8, 4) is 5.75 Å². The van der Waals surface area contributed by atoms with Crippen molar-refractivity contribution in [1.82, 2.24) is 0 Å². The second kappa shape index (κ2) is 3.18. The van der Waals surface area contributed by atoms with E-state index < -0.39 is 0 Å². The van der Waals surface area contributed by atoms with Gasteiger partial charge in [-0.25, -0.2) is 0 Å². The average molecular weight is 168 g/mol. The highest BCUT2D eigenvalue weighted by Crippen LogP contribution is 2.29. The summed E-state index contributed by atoms with van der Waals surface area (Å²) >= 11 is 1.68. The summed E-state index contributed by atoms with van der Waals surface area (Å²) in [6.45, 7) is 3.99. The normalized spacial score (nSPS) is 10.1. The van der Waals surface area contributed by atoms with Gasteiger partial charge in [-0.05, 0) is 31.7 Å². The summed E-state index contributed by atoms with van der Waals surface area (Å²) in [5.74, 6) is 0.389. The lowest BCUT2D eigenvalue weighted by Gasteiger charge is -2.07. The summed E-state index contributed by atoms with van der Waals surface area (Å²) in [6, 6.07) is 3.68. The zero-order valence-electron chi connectivity index (χ0n) is 7.01. The van der Waals surface area contributed by atoms with Crippen molar-refractivity contribution in [2.24, 2.45) is 0 Å². The van der Waals surface area contributed by atoms with Crippen molar-refractivity contribution < 1.29 is 5.11 Å². The number of thioether (sulfide) groups is 1. The standard InChI is InChI=1S/C9H12OS/c1-6-4-5-8(10)7(2)9(6)11-3/h4-5,10H,1-3H3. The summed E-state index contributed by atoms with van der Waals surface area (Å²) in [4.78, 5) is 1.19. The van der Waals surface area contributed by atoms with E-state index in [0.29, 0.717) is 5.75 Å². The molecule has 1 rings (SSSR count). The number of aryl methyl sites for hydroxylation is 1. The van der Waals surface area contributed by atoms with Gasteiger partial charge in [0.05, 0.1) is 0 Å². The highest BCUT2D eigenvalue weighted by Gasteiger charge is 2.03. The number of hydrogen-bond donors (Lipinski definition) is 1. The molecule has 0 unspecified atom stereocenters. The van der Waals surface area contributed by atoms with Crippen molar-refractivity contribution in [2.75, 3.05) is 6.26 Å². The Labute approximate surface area is 71.4 Å². The maximum Gasteiger partial charge on any atom is 0.119 e. The van der Waals surface area contributed by atoms with Crippen LogP contribution in [0.2, 0.25) is 0 Å². The second-order valence-corrected chi connectivity index (χ2v) is 3.38. The summed E-state index contributed by atoms with van der Waals surface area (Å²) in [5, 5.41) is 9.34. The number of phenols is 1. The Morgan fingerprint density at radius 2 is 1.91 bits per heavy atom. The number of benzene rings is 1. The molecule has 1 aromatic carbocycles. The van der Waals surface area contributed by atoms with Gasteiger partial charge in [0.1, 0.15) is 5.75 Å². The first-order valence-corrected chi connectivity index (χ1v) is 4.72. The monoisotopic (exact) mass is 168 g/mol. The lowest BCUT2D eigenvalue weighted by Crippen LogP contribution is -1.84. The Hall–Kier alpha value is -0.630. The summed E-state index contributed by atoms with van der Waals surface area (Å²) < 4.78 is 0.